The lowest BCUT2D eigenvalue weighted by atomic mass is 10.0. The molecule has 0 radical (unpaired) electrons. The molecule has 0 aliphatic rings. The Morgan fingerprint density at radius 1 is 1.31 bits per heavy atom. The van der Waals surface area contributed by atoms with Gasteiger partial charge in [0, 0.05) is 6.54 Å². The van der Waals surface area contributed by atoms with Gasteiger partial charge < -0.3 is 24.9 Å². The van der Waals surface area contributed by atoms with Crippen molar-refractivity contribution < 1.29 is 14.3 Å². The van der Waals surface area contributed by atoms with Gasteiger partial charge in [0.05, 0.1) is 19.4 Å². The van der Waals surface area contributed by atoms with Gasteiger partial charge in [-0.3, -0.25) is 0 Å². The van der Waals surface area contributed by atoms with Crippen LogP contribution in [0.5, 0.6) is 5.75 Å². The number of nitrogens with one attached hydrogen (secondary N) is 2. The quantitative estimate of drug-likeness (QED) is 0.499. The molecule has 0 saturated carbocycles. The number of hydrogen-bond donors (Lipinski definition) is 3. The number of nitrogens with zero attached hydrogens (tertiary/aromatic N) is 1. The number of aliphatic imine (C=N–C) groups is 1. The monoisotopic (exact) mass is 359 g/mol. The molecule has 0 fully saturated rings. The summed E-state index contributed by atoms with van der Waals surface area (Å²) in [6, 6.07) is 11.5. The zero-order valence-electron chi connectivity index (χ0n) is 16.0. The minimum atomic E-state index is -1.16. The second-order valence-corrected chi connectivity index (χ2v) is 6.57. The Labute approximate surface area is 155 Å². The third-order valence-electron chi connectivity index (χ3n) is 3.83. The molecule has 1 aromatic carbocycles. The van der Waals surface area contributed by atoms with Gasteiger partial charge in [-0.1, -0.05) is 12.1 Å². The van der Waals surface area contributed by atoms with E-state index < -0.39 is 5.60 Å². The predicted octanol–water partition coefficient (Wildman–Crippen LogP) is 2.82. The Morgan fingerprint density at radius 3 is 2.77 bits per heavy atom. The number of benzene rings is 1. The maximum Gasteiger partial charge on any atom is 0.191 e. The van der Waals surface area contributed by atoms with E-state index in [9.17, 15) is 5.11 Å². The van der Waals surface area contributed by atoms with Gasteiger partial charge in [-0.2, -0.15) is 0 Å². The Balaban J connectivity index is 1.90. The fourth-order valence-corrected chi connectivity index (χ4v) is 2.44. The maximum atomic E-state index is 10.5. The van der Waals surface area contributed by atoms with Crippen molar-refractivity contribution in [3.63, 3.8) is 0 Å². The summed E-state index contributed by atoms with van der Waals surface area (Å²) in [5.74, 6) is 1.97. The molecule has 6 nitrogen and oxygen atoms in total. The van der Waals surface area contributed by atoms with Gasteiger partial charge in [0.1, 0.15) is 23.2 Å². The maximum absolute atomic E-state index is 10.5. The average Bonchev–Trinajstić information content (AvgIpc) is 3.13. The van der Waals surface area contributed by atoms with Gasteiger partial charge in [0.15, 0.2) is 5.96 Å². The third-order valence-corrected chi connectivity index (χ3v) is 3.83. The second kappa shape index (κ2) is 9.29. The molecule has 26 heavy (non-hydrogen) atoms. The Kier molecular flexibility index (Phi) is 7.09. The van der Waals surface area contributed by atoms with E-state index in [0.717, 1.165) is 17.9 Å². The van der Waals surface area contributed by atoms with Gasteiger partial charge in [0.25, 0.3) is 0 Å². The van der Waals surface area contributed by atoms with Crippen molar-refractivity contribution in [1.82, 2.24) is 10.6 Å². The van der Waals surface area contributed by atoms with Gasteiger partial charge >= 0.3 is 0 Å². The normalized spacial score (nSPS) is 15.2. The van der Waals surface area contributed by atoms with Crippen molar-refractivity contribution in [2.45, 2.75) is 39.4 Å². The van der Waals surface area contributed by atoms with Crippen LogP contribution in [-0.2, 0) is 5.60 Å². The molecule has 1 aromatic heterocycles. The van der Waals surface area contributed by atoms with Gasteiger partial charge in [-0.25, -0.2) is 4.99 Å². The van der Waals surface area contributed by atoms with E-state index in [1.807, 2.05) is 45.0 Å². The molecule has 3 N–H and O–H groups in total. The molecule has 2 atom stereocenters. The van der Waals surface area contributed by atoms with E-state index in [-0.39, 0.29) is 12.6 Å². The zero-order chi connectivity index (χ0) is 19.0. The Bertz CT molecular complexity index is 696. The van der Waals surface area contributed by atoms with Crippen molar-refractivity contribution in [3.8, 4) is 5.75 Å². The highest BCUT2D eigenvalue weighted by Crippen LogP contribution is 2.21. The summed E-state index contributed by atoms with van der Waals surface area (Å²) in [5.41, 5.74) is 0.00734. The topological polar surface area (TPSA) is 79.0 Å². The summed E-state index contributed by atoms with van der Waals surface area (Å²) < 4.78 is 11.2. The SMILES string of the molecule is CCNC(=NCC(C)(O)c1ccco1)NCC(C)Oc1cccc(C)c1. The van der Waals surface area contributed by atoms with Crippen LogP contribution in [0, 0.1) is 6.92 Å². The molecular weight excluding hydrogens is 330 g/mol. The first-order valence-corrected chi connectivity index (χ1v) is 8.92. The number of furan rings is 1. The van der Waals surface area contributed by atoms with E-state index in [2.05, 4.69) is 15.6 Å². The number of rotatable bonds is 8. The van der Waals surface area contributed by atoms with Gasteiger partial charge in [-0.05, 0) is 57.5 Å². The fourth-order valence-electron chi connectivity index (χ4n) is 2.44. The van der Waals surface area contributed by atoms with Crippen molar-refractivity contribution in [1.29, 1.82) is 0 Å². The molecule has 6 heteroatoms. The molecule has 0 spiro atoms. The minimum Gasteiger partial charge on any atom is -0.489 e. The molecule has 2 rings (SSSR count). The molecule has 1 heterocycles. The summed E-state index contributed by atoms with van der Waals surface area (Å²) in [7, 11) is 0. The highest BCUT2D eigenvalue weighted by molar-refractivity contribution is 5.79. The number of hydrogen-bond acceptors (Lipinski definition) is 4. The first kappa shape index (κ1) is 19.8. The van der Waals surface area contributed by atoms with E-state index in [1.54, 1.807) is 25.3 Å². The van der Waals surface area contributed by atoms with Crippen LogP contribution in [0.4, 0.5) is 0 Å². The van der Waals surface area contributed by atoms with Crippen LogP contribution in [-0.4, -0.2) is 36.8 Å². The summed E-state index contributed by atoms with van der Waals surface area (Å²) in [6.07, 6.45) is 1.51. The zero-order valence-corrected chi connectivity index (χ0v) is 16.0. The lowest BCUT2D eigenvalue weighted by Crippen LogP contribution is -2.42. The van der Waals surface area contributed by atoms with Crippen molar-refractivity contribution in [2.24, 2.45) is 4.99 Å². The summed E-state index contributed by atoms with van der Waals surface area (Å²) in [6.45, 7) is 9.21. The highest BCUT2D eigenvalue weighted by atomic mass is 16.5. The lowest BCUT2D eigenvalue weighted by Gasteiger charge is -2.21. The van der Waals surface area contributed by atoms with Crippen molar-refractivity contribution in [3.05, 3.63) is 54.0 Å². The molecule has 142 valence electrons. The number of ether oxygens (including phenoxy) is 1. The van der Waals surface area contributed by atoms with Crippen LogP contribution in [0.25, 0.3) is 0 Å². The van der Waals surface area contributed by atoms with E-state index in [0.29, 0.717) is 18.3 Å². The summed E-state index contributed by atoms with van der Waals surface area (Å²) >= 11 is 0. The number of aliphatic hydroxyl groups is 1. The van der Waals surface area contributed by atoms with Crippen LogP contribution < -0.4 is 15.4 Å². The van der Waals surface area contributed by atoms with E-state index in [1.165, 1.54) is 0 Å². The van der Waals surface area contributed by atoms with E-state index in [4.69, 9.17) is 9.15 Å². The largest absolute Gasteiger partial charge is 0.489 e. The third kappa shape index (κ3) is 6.11. The molecule has 2 unspecified atom stereocenters. The highest BCUT2D eigenvalue weighted by Gasteiger charge is 2.26. The van der Waals surface area contributed by atoms with E-state index >= 15 is 0 Å². The van der Waals surface area contributed by atoms with Gasteiger partial charge in [0.2, 0.25) is 0 Å². The number of aryl methyl sites for hydroxylation is 1. The van der Waals surface area contributed by atoms with Gasteiger partial charge in [-0.15, -0.1) is 0 Å². The minimum absolute atomic E-state index is 0.0359. The Morgan fingerprint density at radius 2 is 2.12 bits per heavy atom. The second-order valence-electron chi connectivity index (χ2n) is 6.57. The van der Waals surface area contributed by atoms with Crippen molar-refractivity contribution >= 4 is 5.96 Å². The molecule has 0 saturated heterocycles. The smallest absolute Gasteiger partial charge is 0.191 e. The Hall–Kier alpha value is -2.47. The van der Waals surface area contributed by atoms with Crippen LogP contribution in [0.1, 0.15) is 32.1 Å². The van der Waals surface area contributed by atoms with Crippen molar-refractivity contribution in [2.75, 3.05) is 19.6 Å². The predicted molar refractivity (Wildman–Crippen MR) is 104 cm³/mol. The van der Waals surface area contributed by atoms with Crippen LogP contribution in [0.3, 0.4) is 0 Å². The number of guanidine groups is 1. The van der Waals surface area contributed by atoms with Crippen LogP contribution >= 0.6 is 0 Å². The first-order chi connectivity index (χ1) is 12.4. The van der Waals surface area contributed by atoms with Crippen LogP contribution in [0.2, 0.25) is 0 Å². The lowest BCUT2D eigenvalue weighted by molar-refractivity contribution is 0.0437. The molecular formula is C20H29N3O3. The molecule has 0 aliphatic carbocycles. The summed E-state index contributed by atoms with van der Waals surface area (Å²) in [5, 5.41) is 16.9. The molecule has 0 bridgehead atoms. The van der Waals surface area contributed by atoms with Crippen LogP contribution in [0.15, 0.2) is 52.1 Å². The average molecular weight is 359 g/mol. The fraction of sp³-hybridized carbons (Fsp3) is 0.450. The standard InChI is InChI=1S/C20H29N3O3/c1-5-21-19(23-14-20(4,24)18-10-7-11-25-18)22-13-16(3)26-17-9-6-8-15(2)12-17/h6-12,16,24H,5,13-14H2,1-4H3,(H2,21,22,23). The molecule has 0 aliphatic heterocycles. The first-order valence-electron chi connectivity index (χ1n) is 8.92. The molecule has 2 aromatic rings. The summed E-state index contributed by atoms with van der Waals surface area (Å²) in [4.78, 5) is 4.46. The molecule has 0 amide bonds.